The minimum atomic E-state index is -3.46. The van der Waals surface area contributed by atoms with Gasteiger partial charge in [-0.2, -0.15) is 4.31 Å². The van der Waals surface area contributed by atoms with E-state index in [1.807, 2.05) is 63.3 Å². The third kappa shape index (κ3) is 5.68. The molecule has 2 rings (SSSR count). The molecule has 0 aliphatic heterocycles. The van der Waals surface area contributed by atoms with Crippen molar-refractivity contribution >= 4 is 21.6 Å². The molecule has 0 unspecified atom stereocenters. The van der Waals surface area contributed by atoms with Crippen molar-refractivity contribution in [1.82, 2.24) is 4.31 Å². The fraction of sp³-hybridized carbons (Fsp3) is 0.435. The predicted molar refractivity (Wildman–Crippen MR) is 121 cm³/mol. The van der Waals surface area contributed by atoms with Crippen molar-refractivity contribution < 1.29 is 18.5 Å². The molecule has 1 amide bonds. The molecule has 164 valence electrons. The van der Waals surface area contributed by atoms with E-state index >= 15 is 0 Å². The Kier molecular flexibility index (Phi) is 8.58. The number of carbonyl (C=O) groups excluding carboxylic acids is 1. The van der Waals surface area contributed by atoms with E-state index in [0.29, 0.717) is 18.0 Å². The first-order chi connectivity index (χ1) is 14.2. The number of anilines is 1. The van der Waals surface area contributed by atoms with Crippen LogP contribution < -0.4 is 10.6 Å². The molecule has 0 radical (unpaired) electrons. The summed E-state index contributed by atoms with van der Waals surface area (Å²) >= 11 is 0. The Balaban J connectivity index is 2.00. The van der Waals surface area contributed by atoms with Crippen molar-refractivity contribution in [2.75, 3.05) is 25.0 Å². The van der Waals surface area contributed by atoms with Crippen molar-refractivity contribution in [2.45, 2.75) is 52.0 Å². The average molecular weight is 433 g/mol. The highest BCUT2D eigenvalue weighted by Crippen LogP contribution is 2.21. The van der Waals surface area contributed by atoms with E-state index in [1.54, 1.807) is 12.1 Å². The zero-order valence-electron chi connectivity index (χ0n) is 18.6. The smallest absolute Gasteiger partial charge is 0.279 e. The Morgan fingerprint density at radius 1 is 1.07 bits per heavy atom. The second kappa shape index (κ2) is 10.7. The Hall–Kier alpha value is -2.22. The highest BCUT2D eigenvalue weighted by molar-refractivity contribution is 7.89. The highest BCUT2D eigenvalue weighted by atomic mass is 32.2. The van der Waals surface area contributed by atoms with Crippen molar-refractivity contribution in [2.24, 2.45) is 0 Å². The minimum Gasteiger partial charge on any atom is -0.333 e. The van der Waals surface area contributed by atoms with Crippen LogP contribution in [0.5, 0.6) is 0 Å². The molecule has 7 heteroatoms. The van der Waals surface area contributed by atoms with Crippen LogP contribution in [0.25, 0.3) is 0 Å². The maximum absolute atomic E-state index is 12.6. The number of aryl methyl sites for hydroxylation is 2. The van der Waals surface area contributed by atoms with Crippen LogP contribution in [0.1, 0.15) is 50.4 Å². The van der Waals surface area contributed by atoms with Gasteiger partial charge in [0.15, 0.2) is 6.54 Å². The predicted octanol–water partition coefficient (Wildman–Crippen LogP) is 2.85. The van der Waals surface area contributed by atoms with Crippen LogP contribution in [0.15, 0.2) is 47.4 Å². The summed E-state index contributed by atoms with van der Waals surface area (Å²) in [4.78, 5) is 12.8. The van der Waals surface area contributed by atoms with Gasteiger partial charge in [0.05, 0.1) is 4.90 Å². The number of nitrogens with two attached hydrogens (primary N) is 1. The SMILES string of the molecule is CCc1cccc(C)c1NC(=O)C[NH2+][C@@H](C)c1ccc(S(=O)(=O)N(CC)CC)cc1. The van der Waals surface area contributed by atoms with Crippen LogP contribution in [0.3, 0.4) is 0 Å². The molecule has 0 aromatic heterocycles. The normalized spacial score (nSPS) is 12.7. The molecule has 0 aliphatic carbocycles. The van der Waals surface area contributed by atoms with Gasteiger partial charge in [-0.05, 0) is 43.5 Å². The number of nitrogens with zero attached hydrogens (tertiary/aromatic N) is 1. The van der Waals surface area contributed by atoms with Gasteiger partial charge in [-0.3, -0.25) is 4.79 Å². The standard InChI is InChI=1S/C23H33N3O3S/c1-6-19-11-9-10-17(4)23(19)25-22(27)16-24-18(5)20-12-14-21(15-13-20)30(28,29)26(7-2)8-3/h9-15,18,24H,6-8,16H2,1-5H3,(H,25,27)/p+1/t18-/m0/s1. The quantitative estimate of drug-likeness (QED) is 0.606. The average Bonchev–Trinajstić information content (AvgIpc) is 2.74. The monoisotopic (exact) mass is 432 g/mol. The Morgan fingerprint density at radius 2 is 1.70 bits per heavy atom. The van der Waals surface area contributed by atoms with Gasteiger partial charge in [0.25, 0.3) is 5.91 Å². The van der Waals surface area contributed by atoms with Gasteiger partial charge in [-0.25, -0.2) is 8.42 Å². The number of amides is 1. The molecule has 0 aliphatic rings. The second-order valence-corrected chi connectivity index (χ2v) is 9.34. The molecule has 0 saturated carbocycles. The molecule has 30 heavy (non-hydrogen) atoms. The molecular weight excluding hydrogens is 398 g/mol. The number of sulfonamides is 1. The number of para-hydroxylation sites is 1. The molecule has 0 fully saturated rings. The molecular formula is C23H34N3O3S+. The lowest BCUT2D eigenvalue weighted by Crippen LogP contribution is -2.86. The van der Waals surface area contributed by atoms with Crippen molar-refractivity contribution in [3.63, 3.8) is 0 Å². The Labute approximate surface area is 180 Å². The summed E-state index contributed by atoms with van der Waals surface area (Å²) in [6, 6.07) is 13.0. The lowest BCUT2D eigenvalue weighted by molar-refractivity contribution is -0.682. The fourth-order valence-corrected chi connectivity index (χ4v) is 4.93. The Morgan fingerprint density at radius 3 is 2.27 bits per heavy atom. The van der Waals surface area contributed by atoms with Crippen molar-refractivity contribution in [3.8, 4) is 0 Å². The first-order valence-electron chi connectivity index (χ1n) is 10.6. The van der Waals surface area contributed by atoms with Gasteiger partial charge < -0.3 is 10.6 Å². The van der Waals surface area contributed by atoms with E-state index in [9.17, 15) is 13.2 Å². The number of carbonyl (C=O) groups is 1. The van der Waals surface area contributed by atoms with E-state index in [-0.39, 0.29) is 18.5 Å². The molecule has 2 aromatic rings. The van der Waals surface area contributed by atoms with Crippen LogP contribution in [0.2, 0.25) is 0 Å². The highest BCUT2D eigenvalue weighted by Gasteiger charge is 2.22. The number of quaternary nitrogens is 1. The lowest BCUT2D eigenvalue weighted by atomic mass is 10.1. The number of nitrogens with one attached hydrogen (secondary N) is 1. The zero-order chi connectivity index (χ0) is 22.3. The molecule has 1 atom stereocenters. The maximum Gasteiger partial charge on any atom is 0.279 e. The van der Waals surface area contributed by atoms with Gasteiger partial charge in [-0.1, -0.05) is 51.1 Å². The van der Waals surface area contributed by atoms with E-state index < -0.39 is 10.0 Å². The Bertz CT molecular complexity index is 952. The number of hydrogen-bond donors (Lipinski definition) is 2. The molecule has 2 aromatic carbocycles. The zero-order valence-corrected chi connectivity index (χ0v) is 19.4. The largest absolute Gasteiger partial charge is 0.333 e. The van der Waals surface area contributed by atoms with Gasteiger partial charge >= 0.3 is 0 Å². The molecule has 0 bridgehead atoms. The van der Waals surface area contributed by atoms with Gasteiger partial charge in [-0.15, -0.1) is 0 Å². The maximum atomic E-state index is 12.6. The summed E-state index contributed by atoms with van der Waals surface area (Å²) in [6.07, 6.45) is 0.861. The third-order valence-electron chi connectivity index (χ3n) is 5.41. The van der Waals surface area contributed by atoms with Crippen LogP contribution >= 0.6 is 0 Å². The molecule has 6 nitrogen and oxygen atoms in total. The van der Waals surface area contributed by atoms with Crippen LogP contribution in [-0.2, 0) is 21.2 Å². The number of rotatable bonds is 10. The summed E-state index contributed by atoms with van der Waals surface area (Å²) in [5.74, 6) is -0.0495. The topological polar surface area (TPSA) is 83.1 Å². The number of benzene rings is 2. The van der Waals surface area contributed by atoms with Crippen LogP contribution in [0.4, 0.5) is 5.69 Å². The van der Waals surface area contributed by atoms with E-state index in [0.717, 1.165) is 28.8 Å². The van der Waals surface area contributed by atoms with Crippen molar-refractivity contribution in [1.29, 1.82) is 0 Å². The summed E-state index contributed by atoms with van der Waals surface area (Å²) in [7, 11) is -3.46. The third-order valence-corrected chi connectivity index (χ3v) is 7.47. The molecule has 0 saturated heterocycles. The first-order valence-corrected chi connectivity index (χ1v) is 12.0. The number of hydrogen-bond acceptors (Lipinski definition) is 3. The van der Waals surface area contributed by atoms with Gasteiger partial charge in [0, 0.05) is 24.3 Å². The summed E-state index contributed by atoms with van der Waals surface area (Å²) < 4.78 is 26.7. The van der Waals surface area contributed by atoms with E-state index in [4.69, 9.17) is 0 Å². The molecule has 0 spiro atoms. The van der Waals surface area contributed by atoms with Crippen LogP contribution in [-0.4, -0.2) is 38.3 Å². The summed E-state index contributed by atoms with van der Waals surface area (Å²) in [5, 5.41) is 4.99. The minimum absolute atomic E-state index is 0.0310. The van der Waals surface area contributed by atoms with E-state index in [2.05, 4.69) is 12.2 Å². The van der Waals surface area contributed by atoms with Gasteiger partial charge in [0.1, 0.15) is 6.04 Å². The first kappa shape index (κ1) is 24.1. The second-order valence-electron chi connectivity index (χ2n) is 7.40. The molecule has 0 heterocycles. The summed E-state index contributed by atoms with van der Waals surface area (Å²) in [6.45, 7) is 10.9. The van der Waals surface area contributed by atoms with Gasteiger partial charge in [0.2, 0.25) is 10.0 Å². The molecule has 3 N–H and O–H groups in total. The lowest BCUT2D eigenvalue weighted by Gasteiger charge is -2.19. The van der Waals surface area contributed by atoms with E-state index in [1.165, 1.54) is 4.31 Å². The van der Waals surface area contributed by atoms with Crippen molar-refractivity contribution in [3.05, 3.63) is 59.2 Å². The summed E-state index contributed by atoms with van der Waals surface area (Å²) in [5.41, 5.74) is 4.06. The van der Waals surface area contributed by atoms with Crippen LogP contribution in [0, 0.1) is 6.92 Å². The fourth-order valence-electron chi connectivity index (χ4n) is 3.47.